The zero-order chi connectivity index (χ0) is 25.4. The summed E-state index contributed by atoms with van der Waals surface area (Å²) in [5.74, 6) is 1.63. The third-order valence-corrected chi connectivity index (χ3v) is 7.85. The quantitative estimate of drug-likeness (QED) is 0.561. The van der Waals surface area contributed by atoms with Crippen LogP contribution in [0.5, 0.6) is 11.5 Å². The van der Waals surface area contributed by atoms with Crippen LogP contribution in [0.15, 0.2) is 42.7 Å². The number of carbonyl (C=O) groups is 2. The van der Waals surface area contributed by atoms with Crippen molar-refractivity contribution < 1.29 is 19.1 Å². The molecule has 2 aliphatic rings. The van der Waals surface area contributed by atoms with E-state index >= 15 is 0 Å². The van der Waals surface area contributed by atoms with E-state index in [4.69, 9.17) is 9.47 Å². The highest BCUT2D eigenvalue weighted by Crippen LogP contribution is 2.40. The van der Waals surface area contributed by atoms with Gasteiger partial charge in [-0.1, -0.05) is 13.0 Å². The van der Waals surface area contributed by atoms with Crippen molar-refractivity contribution in [2.24, 2.45) is 5.92 Å². The second-order valence-electron chi connectivity index (χ2n) is 10.3. The van der Waals surface area contributed by atoms with E-state index in [1.807, 2.05) is 41.8 Å². The second kappa shape index (κ2) is 9.48. The van der Waals surface area contributed by atoms with Crippen LogP contribution in [0.25, 0.3) is 10.9 Å². The highest BCUT2D eigenvalue weighted by atomic mass is 16.5. The van der Waals surface area contributed by atoms with E-state index in [0.29, 0.717) is 29.7 Å². The number of methoxy groups -OCH3 is 2. The lowest BCUT2D eigenvalue weighted by Gasteiger charge is -2.45. The van der Waals surface area contributed by atoms with Crippen molar-refractivity contribution in [1.29, 1.82) is 0 Å². The van der Waals surface area contributed by atoms with Gasteiger partial charge in [0.05, 0.1) is 26.3 Å². The average Bonchev–Trinajstić information content (AvgIpc) is 3.27. The minimum atomic E-state index is -1.11. The first-order valence-electron chi connectivity index (χ1n) is 12.6. The van der Waals surface area contributed by atoms with Crippen molar-refractivity contribution in [2.75, 3.05) is 14.2 Å². The fraction of sp³-hybridized carbons (Fsp3) is 0.464. The number of hydrogen-bond donors (Lipinski definition) is 1. The number of pyridine rings is 1. The maximum atomic E-state index is 14.1. The zero-order valence-corrected chi connectivity index (χ0v) is 21.4. The highest BCUT2D eigenvalue weighted by Gasteiger charge is 2.48. The van der Waals surface area contributed by atoms with E-state index in [2.05, 4.69) is 17.2 Å². The van der Waals surface area contributed by atoms with Gasteiger partial charge in [0.15, 0.2) is 0 Å². The van der Waals surface area contributed by atoms with Gasteiger partial charge < -0.3 is 24.3 Å². The van der Waals surface area contributed by atoms with Crippen molar-refractivity contribution >= 4 is 22.7 Å². The molecule has 3 heterocycles. The number of rotatable bonds is 6. The smallest absolute Gasteiger partial charge is 0.271 e. The van der Waals surface area contributed by atoms with Crippen molar-refractivity contribution in [3.05, 3.63) is 54.0 Å². The van der Waals surface area contributed by atoms with Gasteiger partial charge in [0, 0.05) is 30.4 Å². The van der Waals surface area contributed by atoms with Gasteiger partial charge in [-0.2, -0.15) is 0 Å². The Morgan fingerprint density at radius 3 is 2.53 bits per heavy atom. The Balaban J connectivity index is 1.59. The summed E-state index contributed by atoms with van der Waals surface area (Å²) >= 11 is 0. The number of benzene rings is 1. The summed E-state index contributed by atoms with van der Waals surface area (Å²) in [6.07, 6.45) is 7.57. The Bertz CT molecular complexity index is 1280. The third kappa shape index (κ3) is 4.08. The van der Waals surface area contributed by atoms with Gasteiger partial charge in [-0.3, -0.25) is 14.6 Å². The molecular weight excluding hydrogens is 456 g/mol. The maximum absolute atomic E-state index is 14.1. The van der Waals surface area contributed by atoms with Gasteiger partial charge in [0.1, 0.15) is 22.7 Å². The summed E-state index contributed by atoms with van der Waals surface area (Å²) in [5, 5.41) is 4.08. The zero-order valence-electron chi connectivity index (χ0n) is 21.4. The van der Waals surface area contributed by atoms with E-state index in [-0.39, 0.29) is 24.4 Å². The van der Waals surface area contributed by atoms with Gasteiger partial charge in [-0.15, -0.1) is 0 Å². The molecule has 36 heavy (non-hydrogen) atoms. The molecule has 1 aliphatic heterocycles. The Hall–Kier alpha value is -3.55. The number of carbonyl (C=O) groups excluding carboxylic acids is 2. The predicted octanol–water partition coefficient (Wildman–Crippen LogP) is 4.16. The molecule has 1 N–H and O–H groups in total. The molecule has 0 saturated heterocycles. The summed E-state index contributed by atoms with van der Waals surface area (Å²) in [5.41, 5.74) is 1.03. The molecule has 8 heteroatoms. The number of nitrogens with zero attached hydrogens (tertiary/aromatic N) is 3. The molecule has 190 valence electrons. The lowest BCUT2D eigenvalue weighted by Crippen LogP contribution is -2.64. The number of aromatic nitrogens is 2. The lowest BCUT2D eigenvalue weighted by molar-refractivity contribution is -0.134. The number of fused-ring (bicyclic) bond motifs is 3. The van der Waals surface area contributed by atoms with Crippen LogP contribution in [0.2, 0.25) is 0 Å². The van der Waals surface area contributed by atoms with Crippen LogP contribution in [-0.2, 0) is 17.9 Å². The molecule has 3 aromatic rings. The van der Waals surface area contributed by atoms with Gasteiger partial charge in [0.2, 0.25) is 5.91 Å². The molecular formula is C28H34N4O4. The molecule has 0 bridgehead atoms. The van der Waals surface area contributed by atoms with Gasteiger partial charge >= 0.3 is 0 Å². The molecule has 1 aromatic carbocycles. The molecule has 1 fully saturated rings. The maximum Gasteiger partial charge on any atom is 0.271 e. The lowest BCUT2D eigenvalue weighted by atomic mass is 9.86. The first kappa shape index (κ1) is 24.2. The molecule has 1 atom stereocenters. The molecule has 1 unspecified atom stereocenters. The molecule has 0 radical (unpaired) electrons. The first-order valence-corrected chi connectivity index (χ1v) is 12.6. The van der Waals surface area contributed by atoms with Crippen LogP contribution in [0.3, 0.4) is 0 Å². The molecule has 8 nitrogen and oxygen atoms in total. The Morgan fingerprint density at radius 1 is 1.14 bits per heavy atom. The number of nitrogens with one attached hydrogen (secondary N) is 1. The summed E-state index contributed by atoms with van der Waals surface area (Å²) in [4.78, 5) is 33.9. The number of amides is 2. The minimum Gasteiger partial charge on any atom is -0.496 e. The van der Waals surface area contributed by atoms with Gasteiger partial charge in [0.25, 0.3) is 5.91 Å². The standard InChI is InChI=1S/C28H34N4O4/c1-18-7-9-20(10-8-18)30-27(34)28(2)17-31-22(26(33)32(28)16-19-6-5-13-29-15-19)14-21-23(35-3)11-12-24(36-4)25(21)31/h5-6,11-15,18,20H,7-10,16-17H2,1-4H3,(H,30,34). The SMILES string of the molecule is COc1ccc(OC)c2c1cc1n2CC(C)(C(=O)NC2CCC(C)CC2)N(Cc2cccnc2)C1=O. The van der Waals surface area contributed by atoms with Crippen molar-refractivity contribution in [2.45, 2.75) is 64.2 Å². The van der Waals surface area contributed by atoms with Crippen molar-refractivity contribution in [3.8, 4) is 11.5 Å². The van der Waals surface area contributed by atoms with Crippen LogP contribution in [0.4, 0.5) is 0 Å². The van der Waals surface area contributed by atoms with E-state index in [9.17, 15) is 9.59 Å². The second-order valence-corrected chi connectivity index (χ2v) is 10.3. The minimum absolute atomic E-state index is 0.123. The Kier molecular flexibility index (Phi) is 6.36. The fourth-order valence-electron chi connectivity index (χ4n) is 5.62. The molecule has 2 aromatic heterocycles. The van der Waals surface area contributed by atoms with Crippen LogP contribution in [0.1, 0.15) is 55.6 Å². The summed E-state index contributed by atoms with van der Waals surface area (Å²) < 4.78 is 13.2. The first-order chi connectivity index (χ1) is 17.4. The van der Waals surface area contributed by atoms with Gasteiger partial charge in [-0.25, -0.2) is 0 Å². The summed E-state index contributed by atoms with van der Waals surface area (Å²) in [6, 6.07) is 9.41. The predicted molar refractivity (Wildman–Crippen MR) is 137 cm³/mol. The van der Waals surface area contributed by atoms with Crippen molar-refractivity contribution in [3.63, 3.8) is 0 Å². The Morgan fingerprint density at radius 2 is 1.86 bits per heavy atom. The third-order valence-electron chi connectivity index (χ3n) is 7.85. The number of ether oxygens (including phenoxy) is 2. The van der Waals surface area contributed by atoms with E-state index in [1.54, 1.807) is 31.5 Å². The fourth-order valence-corrected chi connectivity index (χ4v) is 5.62. The summed E-state index contributed by atoms with van der Waals surface area (Å²) in [6.45, 7) is 4.71. The van der Waals surface area contributed by atoms with E-state index in [1.165, 1.54) is 0 Å². The van der Waals surface area contributed by atoms with Crippen molar-refractivity contribution in [1.82, 2.24) is 19.8 Å². The normalized spacial score (nSPS) is 23.9. The van der Waals surface area contributed by atoms with Crippen LogP contribution >= 0.6 is 0 Å². The van der Waals surface area contributed by atoms with Gasteiger partial charge in [-0.05, 0) is 68.4 Å². The monoisotopic (exact) mass is 490 g/mol. The Labute approximate surface area is 211 Å². The topological polar surface area (TPSA) is 85.7 Å². The number of hydrogen-bond acceptors (Lipinski definition) is 5. The molecule has 1 saturated carbocycles. The van der Waals surface area contributed by atoms with E-state index < -0.39 is 5.54 Å². The molecule has 2 amide bonds. The van der Waals surface area contributed by atoms with Crippen LogP contribution in [-0.4, -0.2) is 52.1 Å². The van der Waals surface area contributed by atoms with Crippen LogP contribution in [0, 0.1) is 5.92 Å². The largest absolute Gasteiger partial charge is 0.496 e. The molecule has 1 aliphatic carbocycles. The van der Waals surface area contributed by atoms with Crippen LogP contribution < -0.4 is 14.8 Å². The van der Waals surface area contributed by atoms with E-state index in [0.717, 1.165) is 42.1 Å². The molecule has 0 spiro atoms. The summed E-state index contributed by atoms with van der Waals surface area (Å²) in [7, 11) is 3.22. The molecule has 5 rings (SSSR count). The highest BCUT2D eigenvalue weighted by molar-refractivity contribution is 6.05. The average molecular weight is 491 g/mol.